The van der Waals surface area contributed by atoms with Crippen LogP contribution in [0, 0.1) is 11.3 Å². The Morgan fingerprint density at radius 2 is 2.29 bits per heavy atom. The number of nitrogens with zero attached hydrogens (tertiary/aromatic N) is 1. The van der Waals surface area contributed by atoms with E-state index >= 15 is 0 Å². The number of benzene rings is 1. The van der Waals surface area contributed by atoms with Crippen molar-refractivity contribution in [3.05, 3.63) is 33.3 Å². The van der Waals surface area contributed by atoms with Gasteiger partial charge in [0.15, 0.2) is 0 Å². The highest BCUT2D eigenvalue weighted by molar-refractivity contribution is 9.10. The van der Waals surface area contributed by atoms with Crippen LogP contribution in [-0.2, 0) is 22.6 Å². The van der Waals surface area contributed by atoms with Gasteiger partial charge in [0.1, 0.15) is 0 Å². The summed E-state index contributed by atoms with van der Waals surface area (Å²) < 4.78 is 5.53. The Bertz CT molecular complexity index is 466. The van der Waals surface area contributed by atoms with Crippen LogP contribution in [0.4, 0.5) is 0 Å². The second kappa shape index (κ2) is 6.38. The molecule has 1 rings (SSSR count). The van der Waals surface area contributed by atoms with Gasteiger partial charge in [-0.3, -0.25) is 4.79 Å². The normalized spacial score (nSPS) is 9.76. The highest BCUT2D eigenvalue weighted by atomic mass is 79.9. The van der Waals surface area contributed by atoms with E-state index < -0.39 is 5.97 Å². The van der Waals surface area contributed by atoms with Crippen LogP contribution in [0.5, 0.6) is 0 Å². The fraction of sp³-hybridized carbons (Fsp3) is 0.333. The maximum absolute atomic E-state index is 11.4. The quantitative estimate of drug-likeness (QED) is 0.862. The summed E-state index contributed by atoms with van der Waals surface area (Å²) in [6, 6.07) is 5.32. The van der Waals surface area contributed by atoms with Crippen molar-refractivity contribution >= 4 is 21.9 Å². The summed E-state index contributed by atoms with van der Waals surface area (Å²) in [5.41, 5.74) is 1.46. The van der Waals surface area contributed by atoms with Crippen LogP contribution in [0.2, 0.25) is 0 Å². The molecule has 0 unspecified atom stereocenters. The molecule has 0 aromatic heterocycles. The van der Waals surface area contributed by atoms with Crippen molar-refractivity contribution < 1.29 is 14.6 Å². The number of ether oxygens (including phenoxy) is 1. The summed E-state index contributed by atoms with van der Waals surface area (Å²) in [5.74, 6) is -0.402. The minimum Gasteiger partial charge on any atom is -0.466 e. The largest absolute Gasteiger partial charge is 0.466 e. The Morgan fingerprint density at radius 3 is 2.82 bits per heavy atom. The molecule has 0 spiro atoms. The third-order valence-corrected chi connectivity index (χ3v) is 2.68. The van der Waals surface area contributed by atoms with E-state index in [2.05, 4.69) is 15.9 Å². The van der Waals surface area contributed by atoms with Gasteiger partial charge in [-0.1, -0.05) is 15.9 Å². The molecular weight excluding hydrogens is 286 g/mol. The number of rotatable bonds is 4. The van der Waals surface area contributed by atoms with Gasteiger partial charge >= 0.3 is 5.97 Å². The van der Waals surface area contributed by atoms with Crippen molar-refractivity contribution in [1.82, 2.24) is 0 Å². The lowest BCUT2D eigenvalue weighted by molar-refractivity contribution is -0.142. The smallest absolute Gasteiger partial charge is 0.310 e. The third-order valence-electron chi connectivity index (χ3n) is 2.22. The van der Waals surface area contributed by atoms with Crippen LogP contribution >= 0.6 is 15.9 Å². The predicted octanol–water partition coefficient (Wildman–Crippen LogP) is 1.92. The maximum Gasteiger partial charge on any atom is 0.310 e. The summed E-state index contributed by atoms with van der Waals surface area (Å²) in [6.07, 6.45) is -0.0000926. The number of hydrogen-bond acceptors (Lipinski definition) is 4. The number of hydrogen-bond donors (Lipinski definition) is 1. The van der Waals surface area contributed by atoms with Gasteiger partial charge in [-0.05, 0) is 30.2 Å². The van der Waals surface area contributed by atoms with Crippen LogP contribution in [-0.4, -0.2) is 17.7 Å². The first-order chi connectivity index (χ1) is 8.12. The molecule has 0 radical (unpaired) electrons. The monoisotopic (exact) mass is 297 g/mol. The van der Waals surface area contributed by atoms with Crippen LogP contribution in [0.15, 0.2) is 16.6 Å². The van der Waals surface area contributed by atoms with Crippen molar-refractivity contribution in [2.24, 2.45) is 0 Å². The van der Waals surface area contributed by atoms with Crippen molar-refractivity contribution in [3.63, 3.8) is 0 Å². The highest BCUT2D eigenvalue weighted by Crippen LogP contribution is 2.22. The van der Waals surface area contributed by atoms with Gasteiger partial charge in [-0.2, -0.15) is 5.26 Å². The molecule has 0 saturated heterocycles. The molecule has 90 valence electrons. The number of halogens is 1. The van der Waals surface area contributed by atoms with E-state index in [4.69, 9.17) is 10.00 Å². The third kappa shape index (κ3) is 3.55. The van der Waals surface area contributed by atoms with E-state index in [9.17, 15) is 9.90 Å². The molecule has 0 aliphatic carbocycles. The Balaban J connectivity index is 3.12. The number of nitriles is 1. The molecular formula is C12H12BrNO3. The molecule has 0 fully saturated rings. The number of carbonyl (C=O) groups excluding carboxylic acids is 1. The molecule has 5 heteroatoms. The van der Waals surface area contributed by atoms with Gasteiger partial charge in [0.25, 0.3) is 0 Å². The molecule has 1 aromatic rings. The average molecular weight is 298 g/mol. The Labute approximate surface area is 108 Å². The van der Waals surface area contributed by atoms with Gasteiger partial charge in [0, 0.05) is 4.47 Å². The van der Waals surface area contributed by atoms with E-state index in [-0.39, 0.29) is 13.0 Å². The lowest BCUT2D eigenvalue weighted by atomic mass is 9.99. The van der Waals surface area contributed by atoms with Crippen LogP contribution in [0.1, 0.15) is 23.6 Å². The number of carbonyl (C=O) groups is 1. The van der Waals surface area contributed by atoms with Gasteiger partial charge in [0.05, 0.1) is 31.3 Å². The predicted molar refractivity (Wildman–Crippen MR) is 65.1 cm³/mol. The fourth-order valence-electron chi connectivity index (χ4n) is 1.50. The van der Waals surface area contributed by atoms with E-state index in [1.54, 1.807) is 19.1 Å². The van der Waals surface area contributed by atoms with Crippen LogP contribution < -0.4 is 0 Å². The zero-order chi connectivity index (χ0) is 12.8. The molecule has 4 nitrogen and oxygen atoms in total. The average Bonchev–Trinajstić information content (AvgIpc) is 2.31. The van der Waals surface area contributed by atoms with Gasteiger partial charge in [-0.25, -0.2) is 0 Å². The zero-order valence-corrected chi connectivity index (χ0v) is 11.0. The molecule has 0 aliphatic rings. The molecule has 0 atom stereocenters. The SMILES string of the molecule is CCOC(=O)Cc1c(C#N)cc(Br)cc1CO. The minimum absolute atomic E-state index is 0.0000926. The topological polar surface area (TPSA) is 70.3 Å². The molecule has 1 aromatic carbocycles. The van der Waals surface area contributed by atoms with Gasteiger partial charge in [-0.15, -0.1) is 0 Å². The Kier molecular flexibility index (Phi) is 5.13. The number of aliphatic hydroxyl groups excluding tert-OH is 1. The minimum atomic E-state index is -0.402. The molecule has 17 heavy (non-hydrogen) atoms. The molecule has 0 bridgehead atoms. The maximum atomic E-state index is 11.4. The van der Waals surface area contributed by atoms with Crippen molar-refractivity contribution in [2.75, 3.05) is 6.61 Å². The second-order valence-corrected chi connectivity index (χ2v) is 4.26. The molecule has 1 N–H and O–H groups in total. The lowest BCUT2D eigenvalue weighted by Gasteiger charge is -2.10. The lowest BCUT2D eigenvalue weighted by Crippen LogP contribution is -2.11. The number of aliphatic hydroxyl groups is 1. The second-order valence-electron chi connectivity index (χ2n) is 3.34. The molecule has 0 heterocycles. The molecule has 0 amide bonds. The van der Waals surface area contributed by atoms with Crippen molar-refractivity contribution in [3.8, 4) is 6.07 Å². The van der Waals surface area contributed by atoms with E-state index in [0.29, 0.717) is 27.8 Å². The van der Waals surface area contributed by atoms with Crippen molar-refractivity contribution in [1.29, 1.82) is 5.26 Å². The van der Waals surface area contributed by atoms with Gasteiger partial charge in [0.2, 0.25) is 0 Å². The Morgan fingerprint density at radius 1 is 1.59 bits per heavy atom. The summed E-state index contributed by atoms with van der Waals surface area (Å²) in [7, 11) is 0. The summed E-state index contributed by atoms with van der Waals surface area (Å²) in [4.78, 5) is 11.4. The first-order valence-electron chi connectivity index (χ1n) is 5.10. The standard InChI is InChI=1S/C12H12BrNO3/c1-2-17-12(16)5-11-8(6-14)3-10(13)4-9(11)7-15/h3-4,15H,2,5,7H2,1H3. The molecule has 0 saturated carbocycles. The first kappa shape index (κ1) is 13.7. The van der Waals surface area contributed by atoms with E-state index in [1.807, 2.05) is 6.07 Å². The number of esters is 1. The first-order valence-corrected chi connectivity index (χ1v) is 5.89. The fourth-order valence-corrected chi connectivity index (χ4v) is 2.00. The summed E-state index contributed by atoms with van der Waals surface area (Å²) in [5, 5.41) is 18.2. The van der Waals surface area contributed by atoms with E-state index in [1.165, 1.54) is 0 Å². The summed E-state index contributed by atoms with van der Waals surface area (Å²) >= 11 is 3.25. The van der Waals surface area contributed by atoms with E-state index in [0.717, 1.165) is 0 Å². The highest BCUT2D eigenvalue weighted by Gasteiger charge is 2.14. The van der Waals surface area contributed by atoms with Crippen LogP contribution in [0.25, 0.3) is 0 Å². The zero-order valence-electron chi connectivity index (χ0n) is 9.36. The van der Waals surface area contributed by atoms with Crippen molar-refractivity contribution in [2.45, 2.75) is 20.0 Å². The molecule has 0 aliphatic heterocycles. The van der Waals surface area contributed by atoms with Crippen LogP contribution in [0.3, 0.4) is 0 Å². The van der Waals surface area contributed by atoms with Gasteiger partial charge < -0.3 is 9.84 Å². The summed E-state index contributed by atoms with van der Waals surface area (Å²) in [6.45, 7) is 1.80. The Hall–Kier alpha value is -1.38.